The van der Waals surface area contributed by atoms with Crippen molar-refractivity contribution in [1.29, 1.82) is 5.26 Å². The number of hydrogen-bond donors (Lipinski definition) is 0. The van der Waals surface area contributed by atoms with E-state index < -0.39 is 30.8 Å². The minimum Gasteiger partial charge on any atom is -0.320 e. The Morgan fingerprint density at radius 3 is 2.92 bits per heavy atom. The van der Waals surface area contributed by atoms with Crippen LogP contribution in [0, 0.1) is 11.3 Å². The average Bonchev–Trinajstić information content (AvgIpc) is 3.15. The summed E-state index contributed by atoms with van der Waals surface area (Å²) in [6.07, 6.45) is 3.35. The summed E-state index contributed by atoms with van der Waals surface area (Å²) in [5.74, 6) is -3.78. The first kappa shape index (κ1) is 16.5. The summed E-state index contributed by atoms with van der Waals surface area (Å²) >= 11 is 0. The minimum atomic E-state index is -3.04. The number of halogens is 2. The normalized spacial score (nSPS) is 21.4. The number of nitriles is 1. The van der Waals surface area contributed by atoms with E-state index in [1.54, 1.807) is 18.3 Å². The Morgan fingerprint density at radius 1 is 1.38 bits per heavy atom. The standard InChI is InChI=1S/C17H17F2N3O2/c18-17(19)8-11(9-20)22(10-17)16(24)5-4-15(23)13-6-7-21-14-3-1-2-12(13)14/h6-7,11H,1-5,8,10H2/t11-/m0/s1. The molecule has 0 saturated carbocycles. The lowest BCUT2D eigenvalue weighted by molar-refractivity contribution is -0.132. The van der Waals surface area contributed by atoms with Crippen LogP contribution >= 0.6 is 0 Å². The zero-order valence-corrected chi connectivity index (χ0v) is 13.1. The number of likely N-dealkylation sites (tertiary alicyclic amines) is 1. The van der Waals surface area contributed by atoms with E-state index in [4.69, 9.17) is 5.26 Å². The summed E-state index contributed by atoms with van der Waals surface area (Å²) < 4.78 is 26.8. The first-order valence-corrected chi connectivity index (χ1v) is 7.98. The number of carbonyl (C=O) groups is 2. The molecule has 3 rings (SSSR count). The second kappa shape index (κ2) is 6.27. The molecule has 0 bridgehead atoms. The van der Waals surface area contributed by atoms with Gasteiger partial charge in [-0.1, -0.05) is 0 Å². The van der Waals surface area contributed by atoms with E-state index in [1.807, 2.05) is 0 Å². The molecule has 1 atom stereocenters. The van der Waals surface area contributed by atoms with Gasteiger partial charge in [-0.05, 0) is 30.9 Å². The quantitative estimate of drug-likeness (QED) is 0.793. The number of rotatable bonds is 4. The fraction of sp³-hybridized carbons (Fsp3) is 0.529. The molecule has 1 aliphatic carbocycles. The third kappa shape index (κ3) is 3.14. The van der Waals surface area contributed by atoms with Crippen LogP contribution in [0.5, 0.6) is 0 Å². The summed E-state index contributed by atoms with van der Waals surface area (Å²) in [7, 11) is 0. The molecule has 7 heteroatoms. The highest BCUT2D eigenvalue weighted by molar-refractivity contribution is 5.99. The second-order valence-electron chi connectivity index (χ2n) is 6.29. The molecule has 2 aliphatic rings. The Hall–Kier alpha value is -2.36. The van der Waals surface area contributed by atoms with Crippen LogP contribution in [0.4, 0.5) is 8.78 Å². The Kier molecular flexibility index (Phi) is 4.31. The largest absolute Gasteiger partial charge is 0.320 e. The van der Waals surface area contributed by atoms with Crippen LogP contribution < -0.4 is 0 Å². The molecule has 2 heterocycles. The van der Waals surface area contributed by atoms with Crippen LogP contribution in [-0.2, 0) is 17.6 Å². The van der Waals surface area contributed by atoms with Crippen molar-refractivity contribution in [3.8, 4) is 6.07 Å². The van der Waals surface area contributed by atoms with E-state index in [1.165, 1.54) is 0 Å². The number of hydrogen-bond acceptors (Lipinski definition) is 4. The third-order valence-corrected chi connectivity index (χ3v) is 4.59. The molecule has 1 amide bonds. The van der Waals surface area contributed by atoms with Gasteiger partial charge in [-0.2, -0.15) is 5.26 Å². The summed E-state index contributed by atoms with van der Waals surface area (Å²) in [5.41, 5.74) is 2.45. The molecule has 0 N–H and O–H groups in total. The number of carbonyl (C=O) groups excluding carboxylic acids is 2. The SMILES string of the molecule is N#C[C@@H]1CC(F)(F)CN1C(=O)CCC(=O)c1ccnc2c1CCC2. The summed E-state index contributed by atoms with van der Waals surface area (Å²) in [4.78, 5) is 29.7. The van der Waals surface area contributed by atoms with E-state index in [0.29, 0.717) is 5.56 Å². The fourth-order valence-electron chi connectivity index (χ4n) is 3.42. The van der Waals surface area contributed by atoms with Crippen molar-refractivity contribution in [1.82, 2.24) is 9.88 Å². The van der Waals surface area contributed by atoms with Crippen molar-refractivity contribution in [2.24, 2.45) is 0 Å². The lowest BCUT2D eigenvalue weighted by Gasteiger charge is -2.19. The highest BCUT2D eigenvalue weighted by Gasteiger charge is 2.47. The zero-order valence-electron chi connectivity index (χ0n) is 13.1. The lowest BCUT2D eigenvalue weighted by Crippen LogP contribution is -2.36. The highest BCUT2D eigenvalue weighted by atomic mass is 19.3. The first-order chi connectivity index (χ1) is 11.4. The van der Waals surface area contributed by atoms with Gasteiger partial charge in [0.05, 0.1) is 12.6 Å². The number of ketones is 1. The van der Waals surface area contributed by atoms with Crippen molar-refractivity contribution >= 4 is 11.7 Å². The van der Waals surface area contributed by atoms with Gasteiger partial charge in [0, 0.05) is 36.7 Å². The summed E-state index contributed by atoms with van der Waals surface area (Å²) in [6, 6.07) is 2.27. The maximum Gasteiger partial charge on any atom is 0.268 e. The number of pyridine rings is 1. The van der Waals surface area contributed by atoms with Crippen molar-refractivity contribution in [2.45, 2.75) is 50.5 Å². The summed E-state index contributed by atoms with van der Waals surface area (Å²) in [6.45, 7) is -0.747. The average molecular weight is 333 g/mol. The molecular weight excluding hydrogens is 316 g/mol. The van der Waals surface area contributed by atoms with Gasteiger partial charge < -0.3 is 4.90 Å². The van der Waals surface area contributed by atoms with Gasteiger partial charge in [0.1, 0.15) is 6.04 Å². The predicted octanol–water partition coefficient (Wildman–Crippen LogP) is 2.29. The van der Waals surface area contributed by atoms with Gasteiger partial charge in [0.2, 0.25) is 5.91 Å². The molecule has 0 aromatic carbocycles. The van der Waals surface area contributed by atoms with Crippen LogP contribution in [0.2, 0.25) is 0 Å². The van der Waals surface area contributed by atoms with Gasteiger partial charge in [-0.15, -0.1) is 0 Å². The third-order valence-electron chi connectivity index (χ3n) is 4.59. The van der Waals surface area contributed by atoms with Crippen LogP contribution in [0.25, 0.3) is 0 Å². The van der Waals surface area contributed by atoms with Gasteiger partial charge >= 0.3 is 0 Å². The van der Waals surface area contributed by atoms with Crippen molar-refractivity contribution in [3.63, 3.8) is 0 Å². The Labute approximate surface area is 138 Å². The number of alkyl halides is 2. The number of fused-ring (bicyclic) bond motifs is 1. The van der Waals surface area contributed by atoms with Gasteiger partial charge in [-0.25, -0.2) is 8.78 Å². The van der Waals surface area contributed by atoms with Crippen LogP contribution in [0.3, 0.4) is 0 Å². The second-order valence-corrected chi connectivity index (χ2v) is 6.29. The Bertz CT molecular complexity index is 727. The predicted molar refractivity (Wildman–Crippen MR) is 80.5 cm³/mol. The smallest absolute Gasteiger partial charge is 0.268 e. The number of amides is 1. The number of Topliss-reactive ketones (excluding diaryl/α,β-unsaturated/α-hetero) is 1. The van der Waals surface area contributed by atoms with E-state index in [0.717, 1.165) is 35.4 Å². The van der Waals surface area contributed by atoms with Crippen LogP contribution in [0.15, 0.2) is 12.3 Å². The molecule has 24 heavy (non-hydrogen) atoms. The van der Waals surface area contributed by atoms with Crippen LogP contribution in [-0.4, -0.2) is 40.1 Å². The van der Waals surface area contributed by atoms with Gasteiger partial charge in [0.15, 0.2) is 5.78 Å². The van der Waals surface area contributed by atoms with Crippen molar-refractivity contribution < 1.29 is 18.4 Å². The molecular formula is C17H17F2N3O2. The number of aromatic nitrogens is 1. The molecule has 1 aliphatic heterocycles. The van der Waals surface area contributed by atoms with Crippen LogP contribution in [0.1, 0.15) is 47.3 Å². The maximum atomic E-state index is 13.4. The van der Waals surface area contributed by atoms with Crippen molar-refractivity contribution in [3.05, 3.63) is 29.1 Å². The molecule has 0 unspecified atom stereocenters. The summed E-state index contributed by atoms with van der Waals surface area (Å²) in [5, 5.41) is 8.93. The highest BCUT2D eigenvalue weighted by Crippen LogP contribution is 2.32. The maximum absolute atomic E-state index is 13.4. The first-order valence-electron chi connectivity index (χ1n) is 7.98. The molecule has 0 spiro atoms. The van der Waals surface area contributed by atoms with Gasteiger partial charge in [-0.3, -0.25) is 14.6 Å². The monoisotopic (exact) mass is 333 g/mol. The molecule has 1 saturated heterocycles. The molecule has 0 radical (unpaired) electrons. The minimum absolute atomic E-state index is 0.0461. The van der Waals surface area contributed by atoms with E-state index in [2.05, 4.69) is 4.98 Å². The zero-order chi connectivity index (χ0) is 17.3. The Balaban J connectivity index is 1.64. The van der Waals surface area contributed by atoms with E-state index >= 15 is 0 Å². The number of nitrogens with zero attached hydrogens (tertiary/aromatic N) is 3. The van der Waals surface area contributed by atoms with E-state index in [-0.39, 0.29) is 18.6 Å². The molecule has 5 nitrogen and oxygen atoms in total. The topological polar surface area (TPSA) is 74.1 Å². The Morgan fingerprint density at radius 2 is 2.17 bits per heavy atom. The molecule has 1 aromatic rings. The molecule has 1 aromatic heterocycles. The van der Waals surface area contributed by atoms with E-state index in [9.17, 15) is 18.4 Å². The van der Waals surface area contributed by atoms with Gasteiger partial charge in [0.25, 0.3) is 5.92 Å². The number of aryl methyl sites for hydroxylation is 1. The lowest BCUT2D eigenvalue weighted by atomic mass is 10.0. The molecule has 1 fully saturated rings. The molecule has 126 valence electrons. The fourth-order valence-corrected chi connectivity index (χ4v) is 3.42. The van der Waals surface area contributed by atoms with Crippen molar-refractivity contribution in [2.75, 3.05) is 6.54 Å².